The van der Waals surface area contributed by atoms with E-state index in [2.05, 4.69) is 0 Å². The van der Waals surface area contributed by atoms with Gasteiger partial charge in [0.1, 0.15) is 0 Å². The molecule has 0 atom stereocenters. The predicted octanol–water partition coefficient (Wildman–Crippen LogP) is 1.65. The lowest BCUT2D eigenvalue weighted by Gasteiger charge is -2.12. The van der Waals surface area contributed by atoms with Gasteiger partial charge in [-0.1, -0.05) is 0 Å². The molecule has 1 aromatic carbocycles. The molecule has 0 amide bonds. The number of hydrogen-bond donors (Lipinski definition) is 2. The Bertz CT molecular complexity index is 326. The largest absolute Gasteiger partial charge is 0.488 e. The summed E-state index contributed by atoms with van der Waals surface area (Å²) in [5.74, 6) is -0.247. The quantitative estimate of drug-likeness (QED) is 0.726. The standard InChI is InChI=1S/C10H15FN2O/c1-6(2)14-10-3-7(5-12)9(13)4-8(10)11/h3-4,6H,5,12-13H2,1-2H3. The molecule has 0 spiro atoms. The van der Waals surface area contributed by atoms with Gasteiger partial charge >= 0.3 is 0 Å². The van der Waals surface area contributed by atoms with Crippen LogP contribution in [-0.2, 0) is 6.54 Å². The van der Waals surface area contributed by atoms with Crippen LogP contribution in [0.4, 0.5) is 10.1 Å². The zero-order chi connectivity index (χ0) is 10.7. The van der Waals surface area contributed by atoms with Gasteiger partial charge in [-0.05, 0) is 25.5 Å². The third-order valence-corrected chi connectivity index (χ3v) is 1.78. The van der Waals surface area contributed by atoms with Crippen LogP contribution in [0.15, 0.2) is 12.1 Å². The molecule has 0 aliphatic heterocycles. The van der Waals surface area contributed by atoms with Crippen molar-refractivity contribution >= 4 is 5.69 Å². The molecule has 0 unspecified atom stereocenters. The smallest absolute Gasteiger partial charge is 0.167 e. The summed E-state index contributed by atoms with van der Waals surface area (Å²) in [5, 5.41) is 0. The summed E-state index contributed by atoms with van der Waals surface area (Å²) in [6.07, 6.45) is -0.0706. The summed E-state index contributed by atoms with van der Waals surface area (Å²) in [5.41, 5.74) is 12.1. The summed E-state index contributed by atoms with van der Waals surface area (Å²) in [7, 11) is 0. The van der Waals surface area contributed by atoms with Crippen LogP contribution in [0.1, 0.15) is 19.4 Å². The average molecular weight is 198 g/mol. The SMILES string of the molecule is CC(C)Oc1cc(CN)c(N)cc1F. The Balaban J connectivity index is 3.04. The summed E-state index contributed by atoms with van der Waals surface area (Å²) < 4.78 is 18.5. The van der Waals surface area contributed by atoms with E-state index in [4.69, 9.17) is 16.2 Å². The fraction of sp³-hybridized carbons (Fsp3) is 0.400. The Morgan fingerprint density at radius 3 is 2.57 bits per heavy atom. The molecule has 0 radical (unpaired) electrons. The molecule has 0 saturated carbocycles. The zero-order valence-electron chi connectivity index (χ0n) is 8.38. The first kappa shape index (κ1) is 10.8. The minimum atomic E-state index is -0.451. The van der Waals surface area contributed by atoms with Gasteiger partial charge in [0.2, 0.25) is 0 Å². The van der Waals surface area contributed by atoms with E-state index < -0.39 is 5.82 Å². The number of anilines is 1. The lowest BCUT2D eigenvalue weighted by molar-refractivity contribution is 0.231. The van der Waals surface area contributed by atoms with Gasteiger partial charge in [0.05, 0.1) is 6.10 Å². The molecule has 14 heavy (non-hydrogen) atoms. The Kier molecular flexibility index (Phi) is 3.30. The van der Waals surface area contributed by atoms with Crippen molar-refractivity contribution in [1.29, 1.82) is 0 Å². The Morgan fingerprint density at radius 2 is 2.07 bits per heavy atom. The second-order valence-corrected chi connectivity index (χ2v) is 3.35. The van der Waals surface area contributed by atoms with E-state index in [1.807, 2.05) is 13.8 Å². The molecule has 0 saturated heterocycles. The van der Waals surface area contributed by atoms with Crippen LogP contribution >= 0.6 is 0 Å². The van der Waals surface area contributed by atoms with Gasteiger partial charge < -0.3 is 16.2 Å². The van der Waals surface area contributed by atoms with Crippen LogP contribution in [0.2, 0.25) is 0 Å². The third kappa shape index (κ3) is 2.35. The Morgan fingerprint density at radius 1 is 1.43 bits per heavy atom. The molecule has 1 aromatic rings. The van der Waals surface area contributed by atoms with Gasteiger partial charge in [-0.3, -0.25) is 0 Å². The minimum absolute atomic E-state index is 0.0706. The fourth-order valence-electron chi connectivity index (χ4n) is 1.13. The minimum Gasteiger partial charge on any atom is -0.488 e. The number of nitrogens with two attached hydrogens (primary N) is 2. The maximum absolute atomic E-state index is 13.3. The van der Waals surface area contributed by atoms with Crippen molar-refractivity contribution in [3.05, 3.63) is 23.5 Å². The van der Waals surface area contributed by atoms with Crippen molar-refractivity contribution in [2.45, 2.75) is 26.5 Å². The lowest BCUT2D eigenvalue weighted by Crippen LogP contribution is -2.09. The summed E-state index contributed by atoms with van der Waals surface area (Å²) >= 11 is 0. The molecule has 0 aliphatic carbocycles. The topological polar surface area (TPSA) is 61.3 Å². The highest BCUT2D eigenvalue weighted by Crippen LogP contribution is 2.24. The molecule has 78 valence electrons. The van der Waals surface area contributed by atoms with E-state index >= 15 is 0 Å². The van der Waals surface area contributed by atoms with E-state index in [0.29, 0.717) is 11.3 Å². The van der Waals surface area contributed by atoms with Crippen molar-refractivity contribution in [3.63, 3.8) is 0 Å². The Hall–Kier alpha value is -1.29. The number of halogens is 1. The van der Waals surface area contributed by atoms with Crippen LogP contribution in [-0.4, -0.2) is 6.10 Å². The summed E-state index contributed by atoms with van der Waals surface area (Å²) in [6.45, 7) is 3.94. The highest BCUT2D eigenvalue weighted by molar-refractivity contribution is 5.51. The van der Waals surface area contributed by atoms with E-state index in [0.717, 1.165) is 0 Å². The van der Waals surface area contributed by atoms with E-state index in [1.54, 1.807) is 6.07 Å². The summed E-state index contributed by atoms with van der Waals surface area (Å²) in [4.78, 5) is 0. The van der Waals surface area contributed by atoms with E-state index in [1.165, 1.54) is 6.07 Å². The second-order valence-electron chi connectivity index (χ2n) is 3.35. The molecule has 3 nitrogen and oxygen atoms in total. The van der Waals surface area contributed by atoms with Crippen molar-refractivity contribution < 1.29 is 9.13 Å². The zero-order valence-corrected chi connectivity index (χ0v) is 8.38. The number of nitrogen functional groups attached to an aromatic ring is 1. The average Bonchev–Trinajstić information content (AvgIpc) is 2.09. The molecule has 4 heteroatoms. The molecule has 0 bridgehead atoms. The summed E-state index contributed by atoms with van der Waals surface area (Å²) in [6, 6.07) is 2.78. The lowest BCUT2D eigenvalue weighted by atomic mass is 10.1. The molecule has 0 fully saturated rings. The number of hydrogen-bond acceptors (Lipinski definition) is 3. The van der Waals surface area contributed by atoms with Crippen molar-refractivity contribution in [2.75, 3.05) is 5.73 Å². The van der Waals surface area contributed by atoms with Crippen molar-refractivity contribution in [1.82, 2.24) is 0 Å². The monoisotopic (exact) mass is 198 g/mol. The van der Waals surface area contributed by atoms with Gasteiger partial charge in [-0.25, -0.2) is 4.39 Å². The fourth-order valence-corrected chi connectivity index (χ4v) is 1.13. The first-order valence-corrected chi connectivity index (χ1v) is 4.49. The highest BCUT2D eigenvalue weighted by Gasteiger charge is 2.09. The molecule has 0 aliphatic rings. The van der Waals surface area contributed by atoms with Crippen molar-refractivity contribution in [3.8, 4) is 5.75 Å². The molecular weight excluding hydrogens is 183 g/mol. The predicted molar refractivity (Wildman–Crippen MR) is 54.5 cm³/mol. The molecular formula is C10H15FN2O. The maximum Gasteiger partial charge on any atom is 0.167 e. The number of rotatable bonds is 3. The first-order chi connectivity index (χ1) is 6.54. The molecule has 4 N–H and O–H groups in total. The van der Waals surface area contributed by atoms with Gasteiger partial charge in [-0.2, -0.15) is 0 Å². The maximum atomic E-state index is 13.3. The molecule has 0 aromatic heterocycles. The van der Waals surface area contributed by atoms with Crippen LogP contribution in [0, 0.1) is 5.82 Å². The molecule has 1 rings (SSSR count). The van der Waals surface area contributed by atoms with E-state index in [9.17, 15) is 4.39 Å². The highest BCUT2D eigenvalue weighted by atomic mass is 19.1. The third-order valence-electron chi connectivity index (χ3n) is 1.78. The van der Waals surface area contributed by atoms with Crippen molar-refractivity contribution in [2.24, 2.45) is 5.73 Å². The van der Waals surface area contributed by atoms with Crippen LogP contribution in [0.3, 0.4) is 0 Å². The van der Waals surface area contributed by atoms with Crippen LogP contribution in [0.25, 0.3) is 0 Å². The van der Waals surface area contributed by atoms with Gasteiger partial charge in [-0.15, -0.1) is 0 Å². The van der Waals surface area contributed by atoms with Crippen LogP contribution in [0.5, 0.6) is 5.75 Å². The molecule has 0 heterocycles. The second kappa shape index (κ2) is 4.28. The van der Waals surface area contributed by atoms with Gasteiger partial charge in [0.15, 0.2) is 11.6 Å². The first-order valence-electron chi connectivity index (χ1n) is 4.49. The number of ether oxygens (including phenoxy) is 1. The van der Waals surface area contributed by atoms with Gasteiger partial charge in [0, 0.05) is 18.3 Å². The normalized spacial score (nSPS) is 10.6. The van der Waals surface area contributed by atoms with E-state index in [-0.39, 0.29) is 18.4 Å². The van der Waals surface area contributed by atoms with Gasteiger partial charge in [0.25, 0.3) is 0 Å². The van der Waals surface area contributed by atoms with Crippen LogP contribution < -0.4 is 16.2 Å². The Labute approximate surface area is 82.9 Å². The number of benzene rings is 1.